The molecule has 1 aromatic rings. The summed E-state index contributed by atoms with van der Waals surface area (Å²) in [5.41, 5.74) is 6.90. The highest BCUT2D eigenvalue weighted by Gasteiger charge is 2.16. The highest BCUT2D eigenvalue weighted by molar-refractivity contribution is 5.25. The van der Waals surface area contributed by atoms with Crippen LogP contribution in [0.5, 0.6) is 0 Å². The molecule has 0 radical (unpaired) electrons. The minimum Gasteiger partial charge on any atom is -0.319 e. The van der Waals surface area contributed by atoms with E-state index in [0.29, 0.717) is 5.56 Å². The lowest BCUT2D eigenvalue weighted by Gasteiger charge is -2.10. The van der Waals surface area contributed by atoms with Crippen molar-refractivity contribution in [1.29, 1.82) is 0 Å². The average Bonchev–Trinajstić information content (AvgIpc) is 2.17. The van der Waals surface area contributed by atoms with Gasteiger partial charge in [-0.15, -0.1) is 0 Å². The predicted octanol–water partition coefficient (Wildman–Crippen LogP) is 2.51. The lowest BCUT2D eigenvalue weighted by molar-refractivity contribution is 0.116. The van der Waals surface area contributed by atoms with E-state index in [1.807, 2.05) is 19.1 Å². The summed E-state index contributed by atoms with van der Waals surface area (Å²) >= 11 is 0. The first-order valence-electron chi connectivity index (χ1n) is 4.27. The molecule has 0 aliphatic heterocycles. The van der Waals surface area contributed by atoms with Crippen molar-refractivity contribution in [2.45, 2.75) is 25.8 Å². The van der Waals surface area contributed by atoms with E-state index in [1.165, 1.54) is 0 Å². The fourth-order valence-corrected chi connectivity index (χ4v) is 1.12. The number of benzene rings is 1. The Bertz CT molecular complexity index is 256. The molecule has 1 atom stereocenters. The molecule has 1 rings (SSSR count). The summed E-state index contributed by atoms with van der Waals surface area (Å²) in [6, 6.07) is 5.83. The Morgan fingerprint density at radius 3 is 2.15 bits per heavy atom. The van der Waals surface area contributed by atoms with E-state index in [4.69, 9.17) is 5.73 Å². The minimum atomic E-state index is -2.49. The number of alkyl halides is 2. The summed E-state index contributed by atoms with van der Waals surface area (Å²) in [7, 11) is 0. The van der Waals surface area contributed by atoms with E-state index in [9.17, 15) is 8.78 Å². The lowest BCUT2D eigenvalue weighted by Crippen LogP contribution is -2.18. The highest BCUT2D eigenvalue weighted by atomic mass is 19.3. The fraction of sp³-hybridized carbons (Fsp3) is 0.400. The molecular formula is C10H13F2N. The molecular weight excluding hydrogens is 172 g/mol. The number of nitrogens with two attached hydrogens (primary N) is 1. The highest BCUT2D eigenvalue weighted by Crippen LogP contribution is 2.18. The van der Waals surface area contributed by atoms with E-state index >= 15 is 0 Å². The molecule has 0 aliphatic rings. The standard InChI is InChI=1S/C10H13F2N/c1-2-7-3-5-8(6-4-7)9(13)10(11)12/h3-6,9-10H,2,13H2,1H3/t9-/m0/s1. The maximum absolute atomic E-state index is 12.2. The fourth-order valence-electron chi connectivity index (χ4n) is 1.12. The molecule has 0 saturated carbocycles. The lowest BCUT2D eigenvalue weighted by atomic mass is 10.1. The van der Waals surface area contributed by atoms with Crippen molar-refractivity contribution in [1.82, 2.24) is 0 Å². The van der Waals surface area contributed by atoms with Gasteiger partial charge in [0.2, 0.25) is 0 Å². The van der Waals surface area contributed by atoms with Crippen LogP contribution in [0.15, 0.2) is 24.3 Å². The molecule has 1 aromatic carbocycles. The average molecular weight is 185 g/mol. The van der Waals surface area contributed by atoms with E-state index in [0.717, 1.165) is 12.0 Å². The third kappa shape index (κ3) is 2.49. The Morgan fingerprint density at radius 1 is 1.23 bits per heavy atom. The second kappa shape index (κ2) is 4.33. The van der Waals surface area contributed by atoms with Gasteiger partial charge in [0.05, 0.1) is 6.04 Å². The molecule has 0 fully saturated rings. The maximum Gasteiger partial charge on any atom is 0.257 e. The zero-order valence-electron chi connectivity index (χ0n) is 7.50. The molecule has 2 N–H and O–H groups in total. The predicted molar refractivity (Wildman–Crippen MR) is 48.8 cm³/mol. The van der Waals surface area contributed by atoms with Crippen LogP contribution in [0.1, 0.15) is 24.1 Å². The summed E-state index contributed by atoms with van der Waals surface area (Å²) in [6.07, 6.45) is -1.59. The summed E-state index contributed by atoms with van der Waals surface area (Å²) in [5, 5.41) is 0. The van der Waals surface area contributed by atoms with Gasteiger partial charge in [-0.2, -0.15) is 0 Å². The first-order valence-corrected chi connectivity index (χ1v) is 4.27. The van der Waals surface area contributed by atoms with Crippen LogP contribution in [0.4, 0.5) is 8.78 Å². The van der Waals surface area contributed by atoms with Crippen molar-refractivity contribution in [3.63, 3.8) is 0 Å². The van der Waals surface area contributed by atoms with Gasteiger partial charge < -0.3 is 5.73 Å². The second-order valence-corrected chi connectivity index (χ2v) is 2.96. The van der Waals surface area contributed by atoms with Crippen molar-refractivity contribution < 1.29 is 8.78 Å². The van der Waals surface area contributed by atoms with Crippen LogP contribution in [0.25, 0.3) is 0 Å². The molecule has 0 aliphatic carbocycles. The van der Waals surface area contributed by atoms with Crippen molar-refractivity contribution in [2.75, 3.05) is 0 Å². The van der Waals surface area contributed by atoms with Crippen LogP contribution in [-0.2, 0) is 6.42 Å². The Hall–Kier alpha value is -0.960. The summed E-state index contributed by atoms with van der Waals surface area (Å²) in [6.45, 7) is 2.02. The van der Waals surface area contributed by atoms with E-state index in [-0.39, 0.29) is 0 Å². The molecule has 13 heavy (non-hydrogen) atoms. The van der Waals surface area contributed by atoms with Gasteiger partial charge in [-0.25, -0.2) is 8.78 Å². The molecule has 0 aromatic heterocycles. The summed E-state index contributed by atoms with van der Waals surface area (Å²) in [4.78, 5) is 0. The Labute approximate surface area is 76.6 Å². The van der Waals surface area contributed by atoms with Crippen molar-refractivity contribution in [3.8, 4) is 0 Å². The van der Waals surface area contributed by atoms with Gasteiger partial charge in [-0.1, -0.05) is 31.2 Å². The molecule has 0 spiro atoms. The molecule has 72 valence electrons. The van der Waals surface area contributed by atoms with Gasteiger partial charge in [0.1, 0.15) is 0 Å². The Balaban J connectivity index is 2.79. The third-order valence-electron chi connectivity index (χ3n) is 2.04. The quantitative estimate of drug-likeness (QED) is 0.769. The van der Waals surface area contributed by atoms with Crippen LogP contribution >= 0.6 is 0 Å². The van der Waals surface area contributed by atoms with Gasteiger partial charge in [-0.3, -0.25) is 0 Å². The molecule has 3 heteroatoms. The van der Waals surface area contributed by atoms with Crippen LogP contribution in [0, 0.1) is 0 Å². The topological polar surface area (TPSA) is 26.0 Å². The van der Waals surface area contributed by atoms with E-state index < -0.39 is 12.5 Å². The number of halogens is 2. The zero-order chi connectivity index (χ0) is 9.84. The summed E-state index contributed by atoms with van der Waals surface area (Å²) < 4.78 is 24.3. The smallest absolute Gasteiger partial charge is 0.257 e. The number of rotatable bonds is 3. The van der Waals surface area contributed by atoms with Gasteiger partial charge in [0.25, 0.3) is 6.43 Å². The van der Waals surface area contributed by atoms with Gasteiger partial charge in [0, 0.05) is 0 Å². The van der Waals surface area contributed by atoms with Crippen molar-refractivity contribution >= 4 is 0 Å². The SMILES string of the molecule is CCc1ccc([C@H](N)C(F)F)cc1. The molecule has 0 amide bonds. The largest absolute Gasteiger partial charge is 0.319 e. The monoisotopic (exact) mass is 185 g/mol. The molecule has 0 unspecified atom stereocenters. The first kappa shape index (κ1) is 10.1. The van der Waals surface area contributed by atoms with E-state index in [2.05, 4.69) is 0 Å². The normalized spacial score (nSPS) is 13.3. The van der Waals surface area contributed by atoms with Gasteiger partial charge >= 0.3 is 0 Å². The Kier molecular flexibility index (Phi) is 3.37. The minimum absolute atomic E-state index is 0.493. The van der Waals surface area contributed by atoms with Crippen LogP contribution in [0.3, 0.4) is 0 Å². The molecule has 0 saturated heterocycles. The van der Waals surface area contributed by atoms with Crippen molar-refractivity contribution in [3.05, 3.63) is 35.4 Å². The first-order chi connectivity index (χ1) is 6.15. The third-order valence-corrected chi connectivity index (χ3v) is 2.04. The van der Waals surface area contributed by atoms with Crippen LogP contribution in [0.2, 0.25) is 0 Å². The van der Waals surface area contributed by atoms with Gasteiger partial charge in [0.15, 0.2) is 0 Å². The maximum atomic E-state index is 12.2. The Morgan fingerprint density at radius 2 is 1.77 bits per heavy atom. The molecule has 1 nitrogen and oxygen atoms in total. The zero-order valence-corrected chi connectivity index (χ0v) is 7.50. The molecule has 0 heterocycles. The number of aryl methyl sites for hydroxylation is 1. The van der Waals surface area contributed by atoms with Gasteiger partial charge in [-0.05, 0) is 17.5 Å². The number of hydrogen-bond acceptors (Lipinski definition) is 1. The van der Waals surface area contributed by atoms with Crippen molar-refractivity contribution in [2.24, 2.45) is 5.73 Å². The summed E-state index contributed by atoms with van der Waals surface area (Å²) in [5.74, 6) is 0. The second-order valence-electron chi connectivity index (χ2n) is 2.96. The number of hydrogen-bond donors (Lipinski definition) is 1. The van der Waals surface area contributed by atoms with Crippen LogP contribution in [-0.4, -0.2) is 6.43 Å². The van der Waals surface area contributed by atoms with Crippen LogP contribution < -0.4 is 5.73 Å². The molecule has 0 bridgehead atoms. The van der Waals surface area contributed by atoms with E-state index in [1.54, 1.807) is 12.1 Å².